The van der Waals surface area contributed by atoms with E-state index in [0.29, 0.717) is 43.0 Å². The first-order chi connectivity index (χ1) is 12.6. The van der Waals surface area contributed by atoms with E-state index >= 15 is 0 Å². The summed E-state index contributed by atoms with van der Waals surface area (Å²) in [5.41, 5.74) is 2.02. The quantitative estimate of drug-likeness (QED) is 0.858. The number of anilines is 1. The van der Waals surface area contributed by atoms with E-state index < -0.39 is 5.41 Å². The van der Waals surface area contributed by atoms with Gasteiger partial charge in [0, 0.05) is 24.3 Å². The molecule has 0 saturated carbocycles. The van der Waals surface area contributed by atoms with Crippen LogP contribution in [-0.4, -0.2) is 36.6 Å². The van der Waals surface area contributed by atoms with Crippen molar-refractivity contribution >= 4 is 17.5 Å². The molecule has 1 saturated heterocycles. The van der Waals surface area contributed by atoms with Gasteiger partial charge in [-0.1, -0.05) is 18.2 Å². The maximum absolute atomic E-state index is 12.9. The van der Waals surface area contributed by atoms with E-state index in [0.717, 1.165) is 11.3 Å². The lowest BCUT2D eigenvalue weighted by Gasteiger charge is -2.33. The van der Waals surface area contributed by atoms with Gasteiger partial charge in [0.15, 0.2) is 11.5 Å². The Hall–Kier alpha value is -3.02. The molecule has 1 spiro atoms. The summed E-state index contributed by atoms with van der Waals surface area (Å²) in [5.74, 6) is 1.18. The molecule has 0 aliphatic carbocycles. The predicted molar refractivity (Wildman–Crippen MR) is 94.3 cm³/mol. The molecule has 1 unspecified atom stereocenters. The summed E-state index contributed by atoms with van der Waals surface area (Å²) in [6.07, 6.45) is 1.34. The van der Waals surface area contributed by atoms with Gasteiger partial charge in [0.1, 0.15) is 0 Å². The Morgan fingerprint density at radius 3 is 2.88 bits per heavy atom. The number of benzene rings is 2. The van der Waals surface area contributed by atoms with Gasteiger partial charge >= 0.3 is 0 Å². The van der Waals surface area contributed by atoms with Crippen molar-refractivity contribution in [2.24, 2.45) is 5.41 Å². The van der Waals surface area contributed by atoms with Crippen molar-refractivity contribution in [3.8, 4) is 11.5 Å². The zero-order valence-electron chi connectivity index (χ0n) is 14.2. The zero-order valence-corrected chi connectivity index (χ0v) is 14.2. The van der Waals surface area contributed by atoms with Crippen molar-refractivity contribution < 1.29 is 19.1 Å². The largest absolute Gasteiger partial charge is 0.454 e. The van der Waals surface area contributed by atoms with Crippen LogP contribution in [-0.2, 0) is 11.2 Å². The number of fused-ring (bicyclic) bond motifs is 2. The molecule has 26 heavy (non-hydrogen) atoms. The van der Waals surface area contributed by atoms with Crippen molar-refractivity contribution in [3.05, 3.63) is 53.6 Å². The van der Waals surface area contributed by atoms with Crippen LogP contribution in [0.2, 0.25) is 0 Å². The number of hydrogen-bond donors (Lipinski definition) is 1. The summed E-state index contributed by atoms with van der Waals surface area (Å²) in [6, 6.07) is 13.1. The lowest BCUT2D eigenvalue weighted by Crippen LogP contribution is -2.44. The Morgan fingerprint density at radius 2 is 1.96 bits per heavy atom. The van der Waals surface area contributed by atoms with Crippen molar-refractivity contribution in [3.63, 3.8) is 0 Å². The minimum absolute atomic E-state index is 0.0113. The van der Waals surface area contributed by atoms with Crippen LogP contribution in [0.5, 0.6) is 11.5 Å². The molecule has 1 atom stereocenters. The fraction of sp³-hybridized carbons (Fsp3) is 0.300. The molecular weight excluding hydrogens is 332 g/mol. The number of para-hydroxylation sites is 1. The van der Waals surface area contributed by atoms with Crippen LogP contribution in [0.4, 0.5) is 5.69 Å². The topological polar surface area (TPSA) is 67.9 Å². The molecular formula is C20H18N2O4. The molecule has 5 rings (SSSR count). The van der Waals surface area contributed by atoms with E-state index in [1.54, 1.807) is 23.1 Å². The van der Waals surface area contributed by atoms with Crippen molar-refractivity contribution in [2.75, 3.05) is 25.2 Å². The number of amides is 2. The Labute approximate surface area is 150 Å². The van der Waals surface area contributed by atoms with Crippen LogP contribution < -0.4 is 14.8 Å². The Balaban J connectivity index is 1.39. The second-order valence-electron chi connectivity index (χ2n) is 7.11. The lowest BCUT2D eigenvalue weighted by molar-refractivity contribution is -0.125. The van der Waals surface area contributed by atoms with Gasteiger partial charge in [0.05, 0.1) is 5.41 Å². The Bertz CT molecular complexity index is 926. The maximum atomic E-state index is 12.9. The molecule has 3 aliphatic heterocycles. The Kier molecular flexibility index (Phi) is 3.22. The molecule has 132 valence electrons. The monoisotopic (exact) mass is 350 g/mol. The Morgan fingerprint density at radius 1 is 1.12 bits per heavy atom. The van der Waals surface area contributed by atoms with Crippen LogP contribution in [0.1, 0.15) is 22.3 Å². The highest BCUT2D eigenvalue weighted by atomic mass is 16.7. The summed E-state index contributed by atoms with van der Waals surface area (Å²) in [7, 11) is 0. The SMILES string of the molecule is O=C(c1ccc2c(c1)OCO2)N1CCC2(Cc3ccccc3NC2=O)C1. The molecule has 1 fully saturated rings. The number of hydrogen-bond acceptors (Lipinski definition) is 4. The standard InChI is InChI=1S/C20H18N2O4/c23-18(13-5-6-16-17(9-13)26-12-25-16)22-8-7-20(11-22)10-14-3-1-2-4-15(14)21-19(20)24/h1-6,9H,7-8,10-12H2,(H,21,24). The van der Waals surface area contributed by atoms with Gasteiger partial charge in [-0.05, 0) is 42.7 Å². The molecule has 2 aromatic rings. The van der Waals surface area contributed by atoms with Crippen LogP contribution in [0.3, 0.4) is 0 Å². The number of ether oxygens (including phenoxy) is 2. The van der Waals surface area contributed by atoms with Crippen LogP contribution in [0.25, 0.3) is 0 Å². The van der Waals surface area contributed by atoms with Gasteiger partial charge in [0.2, 0.25) is 12.7 Å². The minimum Gasteiger partial charge on any atom is -0.454 e. The van der Waals surface area contributed by atoms with Gasteiger partial charge in [-0.3, -0.25) is 9.59 Å². The highest BCUT2D eigenvalue weighted by Gasteiger charge is 2.48. The first kappa shape index (κ1) is 15.3. The highest BCUT2D eigenvalue weighted by Crippen LogP contribution is 2.41. The van der Waals surface area contributed by atoms with Crippen LogP contribution >= 0.6 is 0 Å². The maximum Gasteiger partial charge on any atom is 0.254 e. The molecule has 6 nitrogen and oxygen atoms in total. The minimum atomic E-state index is -0.541. The van der Waals surface area contributed by atoms with Crippen molar-refractivity contribution in [2.45, 2.75) is 12.8 Å². The molecule has 0 radical (unpaired) electrons. The van der Waals surface area contributed by atoms with E-state index in [2.05, 4.69) is 5.32 Å². The number of likely N-dealkylation sites (tertiary alicyclic amines) is 1. The number of nitrogens with one attached hydrogen (secondary N) is 1. The highest BCUT2D eigenvalue weighted by molar-refractivity contribution is 6.00. The third kappa shape index (κ3) is 2.25. The van der Waals surface area contributed by atoms with Gasteiger partial charge in [-0.15, -0.1) is 0 Å². The second kappa shape index (κ2) is 5.49. The first-order valence-electron chi connectivity index (χ1n) is 8.73. The molecule has 0 aromatic heterocycles. The molecule has 6 heteroatoms. The summed E-state index contributed by atoms with van der Waals surface area (Å²) in [6.45, 7) is 1.18. The molecule has 2 amide bonds. The number of rotatable bonds is 1. The van der Waals surface area contributed by atoms with Crippen LogP contribution in [0, 0.1) is 5.41 Å². The molecule has 0 bridgehead atoms. The first-order valence-corrected chi connectivity index (χ1v) is 8.73. The summed E-state index contributed by atoms with van der Waals surface area (Å²) < 4.78 is 10.7. The predicted octanol–water partition coefficient (Wildman–Crippen LogP) is 2.44. The molecule has 1 N–H and O–H groups in total. The van der Waals surface area contributed by atoms with E-state index in [1.165, 1.54) is 0 Å². The number of carbonyl (C=O) groups excluding carboxylic acids is 2. The fourth-order valence-corrected chi connectivity index (χ4v) is 4.08. The van der Waals surface area contributed by atoms with E-state index in [1.807, 2.05) is 24.3 Å². The number of nitrogens with zero attached hydrogens (tertiary/aromatic N) is 1. The average molecular weight is 350 g/mol. The van der Waals surface area contributed by atoms with Gasteiger partial charge < -0.3 is 19.7 Å². The second-order valence-corrected chi connectivity index (χ2v) is 7.11. The summed E-state index contributed by atoms with van der Waals surface area (Å²) >= 11 is 0. The van der Waals surface area contributed by atoms with Gasteiger partial charge in [-0.25, -0.2) is 0 Å². The van der Waals surface area contributed by atoms with E-state index in [9.17, 15) is 9.59 Å². The summed E-state index contributed by atoms with van der Waals surface area (Å²) in [5, 5.41) is 3.01. The third-order valence-corrected chi connectivity index (χ3v) is 5.54. The van der Waals surface area contributed by atoms with Crippen LogP contribution in [0.15, 0.2) is 42.5 Å². The molecule has 3 heterocycles. The summed E-state index contributed by atoms with van der Waals surface area (Å²) in [4.78, 5) is 27.4. The third-order valence-electron chi connectivity index (χ3n) is 5.54. The average Bonchev–Trinajstić information content (AvgIpc) is 3.29. The van der Waals surface area contributed by atoms with Gasteiger partial charge in [0.25, 0.3) is 5.91 Å². The van der Waals surface area contributed by atoms with Gasteiger partial charge in [-0.2, -0.15) is 0 Å². The molecule has 3 aliphatic rings. The van der Waals surface area contributed by atoms with E-state index in [4.69, 9.17) is 9.47 Å². The van der Waals surface area contributed by atoms with Crippen molar-refractivity contribution in [1.29, 1.82) is 0 Å². The smallest absolute Gasteiger partial charge is 0.254 e. The van der Waals surface area contributed by atoms with Crippen molar-refractivity contribution in [1.82, 2.24) is 4.90 Å². The number of carbonyl (C=O) groups is 2. The zero-order chi connectivity index (χ0) is 17.7. The molecule has 2 aromatic carbocycles. The normalized spacial score (nSPS) is 23.1. The van der Waals surface area contributed by atoms with E-state index in [-0.39, 0.29) is 18.6 Å². The lowest BCUT2D eigenvalue weighted by atomic mass is 9.77. The fourth-order valence-electron chi connectivity index (χ4n) is 4.08.